The van der Waals surface area contributed by atoms with Gasteiger partial charge in [-0.3, -0.25) is 0 Å². The lowest BCUT2D eigenvalue weighted by atomic mass is 10.3. The number of aryl methyl sites for hydroxylation is 1. The van der Waals surface area contributed by atoms with E-state index in [9.17, 15) is 0 Å². The molecule has 0 atom stereocenters. The number of hydrogen-bond donors (Lipinski definition) is 1. The van der Waals surface area contributed by atoms with Gasteiger partial charge in [0.15, 0.2) is 0 Å². The highest BCUT2D eigenvalue weighted by atomic mass is 15.3. The van der Waals surface area contributed by atoms with Gasteiger partial charge in [-0.15, -0.1) is 0 Å². The first-order valence-corrected chi connectivity index (χ1v) is 6.00. The Balaban J connectivity index is 0.000000581. The van der Waals surface area contributed by atoms with Gasteiger partial charge < -0.3 is 5.73 Å². The molecule has 2 N–H and O–H groups in total. The van der Waals surface area contributed by atoms with Crippen molar-refractivity contribution >= 4 is 5.69 Å². The molecule has 17 heavy (non-hydrogen) atoms. The largest absolute Gasteiger partial charge is 0.399 e. The van der Waals surface area contributed by atoms with Crippen LogP contribution in [0.1, 0.15) is 33.5 Å². The Morgan fingerprint density at radius 1 is 1.00 bits per heavy atom. The van der Waals surface area contributed by atoms with Crippen LogP contribution in [0.5, 0.6) is 0 Å². The molecule has 0 saturated carbocycles. The third kappa shape index (κ3) is 4.68. The van der Waals surface area contributed by atoms with Gasteiger partial charge in [0, 0.05) is 5.69 Å². The van der Waals surface area contributed by atoms with E-state index in [1.165, 1.54) is 0 Å². The summed E-state index contributed by atoms with van der Waals surface area (Å²) in [6.45, 7) is 9.85. The molecule has 0 bridgehead atoms. The maximum Gasteiger partial charge on any atom is 0.147 e. The summed E-state index contributed by atoms with van der Waals surface area (Å²) in [6.07, 6.45) is 1.68. The van der Waals surface area contributed by atoms with E-state index in [2.05, 4.69) is 10.1 Å². The van der Waals surface area contributed by atoms with Gasteiger partial charge in [-0.05, 0) is 31.2 Å². The number of hydrogen-bond acceptors (Lipinski definition) is 3. The fourth-order valence-corrected chi connectivity index (χ4v) is 1.10. The lowest BCUT2D eigenvalue weighted by Crippen LogP contribution is -1.95. The van der Waals surface area contributed by atoms with Crippen molar-refractivity contribution in [1.82, 2.24) is 14.8 Å². The van der Waals surface area contributed by atoms with E-state index in [0.717, 1.165) is 17.2 Å². The molecule has 0 spiro atoms. The van der Waals surface area contributed by atoms with Crippen molar-refractivity contribution < 1.29 is 0 Å². The summed E-state index contributed by atoms with van der Waals surface area (Å²) in [4.78, 5) is 4.04. The van der Waals surface area contributed by atoms with E-state index < -0.39 is 0 Å². The normalized spacial score (nSPS) is 8.53. The Bertz CT molecular complexity index is 404. The Labute approximate surface area is 103 Å². The lowest BCUT2D eigenvalue weighted by Gasteiger charge is -1.99. The van der Waals surface area contributed by atoms with Crippen LogP contribution in [0.15, 0.2) is 30.6 Å². The molecule has 1 aromatic heterocycles. The van der Waals surface area contributed by atoms with Crippen LogP contribution >= 0.6 is 0 Å². The predicted molar refractivity (Wildman–Crippen MR) is 73.2 cm³/mol. The third-order valence-corrected chi connectivity index (χ3v) is 1.76. The first-order valence-electron chi connectivity index (χ1n) is 6.00. The molecule has 1 heterocycles. The standard InChI is InChI=1S/C9H10N4.2C2H6/c1-7-11-6-13(12-7)9-4-2-8(10)3-5-9;2*1-2/h2-6H,10H2,1H3;2*1-2H3. The van der Waals surface area contributed by atoms with E-state index in [4.69, 9.17) is 5.73 Å². The molecule has 94 valence electrons. The quantitative estimate of drug-likeness (QED) is 0.771. The Morgan fingerprint density at radius 3 is 1.94 bits per heavy atom. The van der Waals surface area contributed by atoms with Crippen molar-refractivity contribution in [3.05, 3.63) is 36.4 Å². The van der Waals surface area contributed by atoms with Crippen molar-refractivity contribution in [3.63, 3.8) is 0 Å². The molecule has 0 saturated heterocycles. The number of anilines is 1. The first kappa shape index (κ1) is 15.2. The zero-order valence-electron chi connectivity index (χ0n) is 11.3. The molecule has 0 aliphatic rings. The number of benzene rings is 1. The number of rotatable bonds is 1. The van der Waals surface area contributed by atoms with Gasteiger partial charge >= 0.3 is 0 Å². The fourth-order valence-electron chi connectivity index (χ4n) is 1.10. The number of nitrogens with two attached hydrogens (primary N) is 1. The molecule has 0 aliphatic carbocycles. The monoisotopic (exact) mass is 234 g/mol. The van der Waals surface area contributed by atoms with Crippen LogP contribution in [-0.2, 0) is 0 Å². The Morgan fingerprint density at radius 2 is 1.53 bits per heavy atom. The molecule has 0 amide bonds. The minimum atomic E-state index is 0.751. The van der Waals surface area contributed by atoms with Gasteiger partial charge in [-0.25, -0.2) is 9.67 Å². The van der Waals surface area contributed by atoms with E-state index in [1.54, 1.807) is 11.0 Å². The summed E-state index contributed by atoms with van der Waals surface area (Å²) >= 11 is 0. The average Bonchev–Trinajstić information content (AvgIpc) is 2.82. The lowest BCUT2D eigenvalue weighted by molar-refractivity contribution is 0.863. The van der Waals surface area contributed by atoms with Crippen molar-refractivity contribution in [1.29, 1.82) is 0 Å². The molecule has 1 aromatic carbocycles. The average molecular weight is 234 g/mol. The van der Waals surface area contributed by atoms with E-state index in [-0.39, 0.29) is 0 Å². The predicted octanol–water partition coefficient (Wildman–Crippen LogP) is 3.21. The topological polar surface area (TPSA) is 56.7 Å². The van der Waals surface area contributed by atoms with E-state index >= 15 is 0 Å². The molecular weight excluding hydrogens is 212 g/mol. The smallest absolute Gasteiger partial charge is 0.147 e. The highest BCUT2D eigenvalue weighted by molar-refractivity contribution is 5.44. The van der Waals surface area contributed by atoms with E-state index in [1.807, 2.05) is 58.9 Å². The summed E-state index contributed by atoms with van der Waals surface area (Å²) in [7, 11) is 0. The highest BCUT2D eigenvalue weighted by Gasteiger charge is 1.97. The zero-order chi connectivity index (χ0) is 13.3. The van der Waals surface area contributed by atoms with E-state index in [0.29, 0.717) is 0 Å². The number of nitrogens with zero attached hydrogens (tertiary/aromatic N) is 3. The van der Waals surface area contributed by atoms with Crippen LogP contribution in [0, 0.1) is 6.92 Å². The van der Waals surface area contributed by atoms with Crippen LogP contribution in [-0.4, -0.2) is 14.8 Å². The molecule has 0 fully saturated rings. The number of nitrogen functional groups attached to an aromatic ring is 1. The fraction of sp³-hybridized carbons (Fsp3) is 0.385. The molecular formula is C13H22N4. The molecule has 2 aromatic rings. The molecule has 4 heteroatoms. The summed E-state index contributed by atoms with van der Waals surface area (Å²) in [6, 6.07) is 7.49. The summed E-state index contributed by atoms with van der Waals surface area (Å²) < 4.78 is 1.72. The minimum Gasteiger partial charge on any atom is -0.399 e. The van der Waals surface area contributed by atoms with Crippen LogP contribution in [0.25, 0.3) is 5.69 Å². The molecule has 0 radical (unpaired) electrons. The van der Waals surface area contributed by atoms with Crippen LogP contribution in [0.2, 0.25) is 0 Å². The highest BCUT2D eigenvalue weighted by Crippen LogP contribution is 2.08. The first-order chi connectivity index (χ1) is 8.25. The second-order valence-corrected chi connectivity index (χ2v) is 2.83. The second-order valence-electron chi connectivity index (χ2n) is 2.83. The van der Waals surface area contributed by atoms with Gasteiger partial charge in [-0.1, -0.05) is 27.7 Å². The van der Waals surface area contributed by atoms with Gasteiger partial charge in [0.05, 0.1) is 5.69 Å². The van der Waals surface area contributed by atoms with Crippen LogP contribution in [0.4, 0.5) is 5.69 Å². The molecule has 2 rings (SSSR count). The van der Waals surface area contributed by atoms with Crippen molar-refractivity contribution in [2.24, 2.45) is 0 Å². The molecule has 0 unspecified atom stereocenters. The molecule has 0 aliphatic heterocycles. The maximum absolute atomic E-state index is 5.56. The maximum atomic E-state index is 5.56. The van der Waals surface area contributed by atoms with Crippen molar-refractivity contribution in [3.8, 4) is 5.69 Å². The summed E-state index contributed by atoms with van der Waals surface area (Å²) in [5, 5.41) is 4.18. The van der Waals surface area contributed by atoms with Gasteiger partial charge in [-0.2, -0.15) is 5.10 Å². The zero-order valence-corrected chi connectivity index (χ0v) is 11.3. The summed E-state index contributed by atoms with van der Waals surface area (Å²) in [5.41, 5.74) is 7.28. The minimum absolute atomic E-state index is 0.751. The van der Waals surface area contributed by atoms with Crippen molar-refractivity contribution in [2.75, 3.05) is 5.73 Å². The van der Waals surface area contributed by atoms with Gasteiger partial charge in [0.25, 0.3) is 0 Å². The summed E-state index contributed by atoms with van der Waals surface area (Å²) in [5.74, 6) is 0.761. The third-order valence-electron chi connectivity index (χ3n) is 1.76. The van der Waals surface area contributed by atoms with Gasteiger partial charge in [0.1, 0.15) is 12.2 Å². The van der Waals surface area contributed by atoms with Crippen LogP contribution < -0.4 is 5.73 Å². The van der Waals surface area contributed by atoms with Crippen LogP contribution in [0.3, 0.4) is 0 Å². The van der Waals surface area contributed by atoms with Gasteiger partial charge in [0.2, 0.25) is 0 Å². The molecule has 4 nitrogen and oxygen atoms in total. The Hall–Kier alpha value is -1.84. The Kier molecular flexibility index (Phi) is 7.43. The SMILES string of the molecule is CC.CC.Cc1ncn(-c2ccc(N)cc2)n1. The second kappa shape index (κ2) is 8.33. The number of aromatic nitrogens is 3. The van der Waals surface area contributed by atoms with Crippen molar-refractivity contribution in [2.45, 2.75) is 34.6 Å².